The highest BCUT2D eigenvalue weighted by Gasteiger charge is 2.39. The van der Waals surface area contributed by atoms with E-state index in [-0.39, 0.29) is 12.5 Å². The van der Waals surface area contributed by atoms with Crippen LogP contribution >= 0.6 is 0 Å². The molecule has 0 heterocycles. The number of aliphatic hydroxyl groups excluding tert-OH is 2. The van der Waals surface area contributed by atoms with Crippen molar-refractivity contribution in [2.75, 3.05) is 13.2 Å². The van der Waals surface area contributed by atoms with Gasteiger partial charge in [-0.25, -0.2) is 0 Å². The van der Waals surface area contributed by atoms with Gasteiger partial charge in [0.2, 0.25) is 0 Å². The second-order valence-corrected chi connectivity index (χ2v) is 9.99. The minimum Gasteiger partial charge on any atom is -0.390 e. The first-order chi connectivity index (χ1) is 12.3. The second-order valence-electron chi connectivity index (χ2n) is 9.99. The van der Waals surface area contributed by atoms with Crippen LogP contribution in [0.25, 0.3) is 0 Å². The summed E-state index contributed by atoms with van der Waals surface area (Å²) >= 11 is 0. The Morgan fingerprint density at radius 3 is 2.15 bits per heavy atom. The largest absolute Gasteiger partial charge is 0.390 e. The van der Waals surface area contributed by atoms with Gasteiger partial charge in [-0.3, -0.25) is 0 Å². The minimum absolute atomic E-state index is 0.203. The van der Waals surface area contributed by atoms with E-state index in [2.05, 4.69) is 34.6 Å². The zero-order chi connectivity index (χ0) is 19.3. The summed E-state index contributed by atoms with van der Waals surface area (Å²) in [7, 11) is 0. The summed E-state index contributed by atoms with van der Waals surface area (Å²) in [6, 6.07) is 0. The third kappa shape index (κ3) is 5.94. The molecule has 2 aliphatic rings. The lowest BCUT2D eigenvalue weighted by atomic mass is 9.65. The van der Waals surface area contributed by atoms with Crippen molar-refractivity contribution in [2.24, 2.45) is 41.4 Å². The van der Waals surface area contributed by atoms with E-state index in [4.69, 9.17) is 4.74 Å². The number of rotatable bonds is 8. The Balaban J connectivity index is 1.76. The van der Waals surface area contributed by atoms with Crippen LogP contribution in [-0.4, -0.2) is 35.6 Å². The fraction of sp³-hybridized carbons (Fsp3) is 1.00. The molecule has 6 atom stereocenters. The van der Waals surface area contributed by atoms with Crippen LogP contribution in [0.1, 0.15) is 79.6 Å². The van der Waals surface area contributed by atoms with Crippen molar-refractivity contribution in [1.82, 2.24) is 0 Å². The van der Waals surface area contributed by atoms with Gasteiger partial charge >= 0.3 is 0 Å². The lowest BCUT2D eigenvalue weighted by Crippen LogP contribution is -2.45. The van der Waals surface area contributed by atoms with E-state index in [1.54, 1.807) is 0 Å². The van der Waals surface area contributed by atoms with Crippen molar-refractivity contribution in [3.8, 4) is 0 Å². The highest BCUT2D eigenvalue weighted by molar-refractivity contribution is 4.88. The molecule has 0 radical (unpaired) electrons. The van der Waals surface area contributed by atoms with E-state index in [9.17, 15) is 10.2 Å². The molecule has 3 heteroatoms. The van der Waals surface area contributed by atoms with Crippen molar-refractivity contribution in [2.45, 2.75) is 91.8 Å². The summed E-state index contributed by atoms with van der Waals surface area (Å²) in [6.07, 6.45) is 7.33. The van der Waals surface area contributed by atoms with Gasteiger partial charge < -0.3 is 14.9 Å². The predicted octanol–water partition coefficient (Wildman–Crippen LogP) is 4.90. The summed E-state index contributed by atoms with van der Waals surface area (Å²) in [6.45, 7) is 12.4. The molecule has 0 aromatic rings. The van der Waals surface area contributed by atoms with Crippen molar-refractivity contribution < 1.29 is 14.9 Å². The maximum absolute atomic E-state index is 10.8. The Morgan fingerprint density at radius 1 is 0.885 bits per heavy atom. The topological polar surface area (TPSA) is 49.7 Å². The van der Waals surface area contributed by atoms with Gasteiger partial charge in [0.25, 0.3) is 0 Å². The van der Waals surface area contributed by atoms with Gasteiger partial charge in [0.05, 0.1) is 12.7 Å². The fourth-order valence-electron chi connectivity index (χ4n) is 5.78. The smallest absolute Gasteiger partial charge is 0.103 e. The van der Waals surface area contributed by atoms with Crippen LogP contribution in [0.5, 0.6) is 0 Å². The lowest BCUT2D eigenvalue weighted by Gasteiger charge is -2.42. The molecule has 2 saturated carbocycles. The standard InChI is InChI=1S/C23H44O3/c1-15(2)22-17(4)7-6-8-20(22)23(25)21(24)14-26-13-18(5)19-11-9-16(3)10-12-19/h15-25H,6-14H2,1-5H3. The molecule has 6 unspecified atom stereocenters. The van der Waals surface area contributed by atoms with E-state index in [0.29, 0.717) is 30.3 Å². The first kappa shape index (κ1) is 22.2. The maximum Gasteiger partial charge on any atom is 0.103 e. The normalized spacial score (nSPS) is 36.7. The van der Waals surface area contributed by atoms with E-state index >= 15 is 0 Å². The van der Waals surface area contributed by atoms with E-state index in [0.717, 1.165) is 24.7 Å². The second kappa shape index (κ2) is 10.4. The molecule has 0 bridgehead atoms. The van der Waals surface area contributed by atoms with E-state index < -0.39 is 12.2 Å². The molecule has 0 saturated heterocycles. The van der Waals surface area contributed by atoms with Crippen LogP contribution in [0.2, 0.25) is 0 Å². The van der Waals surface area contributed by atoms with Crippen LogP contribution in [0.15, 0.2) is 0 Å². The molecular weight excluding hydrogens is 324 g/mol. The molecule has 26 heavy (non-hydrogen) atoms. The number of hydrogen-bond acceptors (Lipinski definition) is 3. The average Bonchev–Trinajstić information content (AvgIpc) is 2.60. The quantitative estimate of drug-likeness (QED) is 0.641. The van der Waals surface area contributed by atoms with Crippen LogP contribution in [0.4, 0.5) is 0 Å². The molecule has 0 aliphatic heterocycles. The molecule has 0 aromatic heterocycles. The van der Waals surface area contributed by atoms with Crippen LogP contribution < -0.4 is 0 Å². The molecule has 0 spiro atoms. The Bertz CT molecular complexity index is 389. The van der Waals surface area contributed by atoms with Crippen LogP contribution in [0.3, 0.4) is 0 Å². The van der Waals surface area contributed by atoms with Gasteiger partial charge in [-0.15, -0.1) is 0 Å². The van der Waals surface area contributed by atoms with Gasteiger partial charge in [0, 0.05) is 6.61 Å². The highest BCUT2D eigenvalue weighted by Crippen LogP contribution is 2.41. The fourth-order valence-corrected chi connectivity index (χ4v) is 5.78. The third-order valence-corrected chi connectivity index (χ3v) is 7.49. The summed E-state index contributed by atoms with van der Waals surface area (Å²) in [5, 5.41) is 21.3. The first-order valence-corrected chi connectivity index (χ1v) is 11.2. The molecule has 2 aliphatic carbocycles. The molecular formula is C23H44O3. The molecule has 3 nitrogen and oxygen atoms in total. The van der Waals surface area contributed by atoms with Crippen molar-refractivity contribution in [1.29, 1.82) is 0 Å². The monoisotopic (exact) mass is 368 g/mol. The number of hydrogen-bond donors (Lipinski definition) is 2. The highest BCUT2D eigenvalue weighted by atomic mass is 16.5. The van der Waals surface area contributed by atoms with Gasteiger partial charge in [-0.05, 0) is 60.7 Å². The SMILES string of the molecule is CC1CCC(C(C)COCC(O)C(O)C2CCCC(C)C2C(C)C)CC1. The summed E-state index contributed by atoms with van der Waals surface area (Å²) in [5.41, 5.74) is 0. The van der Waals surface area contributed by atoms with Crippen LogP contribution in [0, 0.1) is 41.4 Å². The number of ether oxygens (including phenoxy) is 1. The van der Waals surface area contributed by atoms with Crippen molar-refractivity contribution in [3.05, 3.63) is 0 Å². The first-order valence-electron chi connectivity index (χ1n) is 11.2. The van der Waals surface area contributed by atoms with E-state index in [1.807, 2.05) is 0 Å². The molecule has 154 valence electrons. The zero-order valence-electron chi connectivity index (χ0n) is 17.9. The Morgan fingerprint density at radius 2 is 1.54 bits per heavy atom. The minimum atomic E-state index is -0.759. The van der Waals surface area contributed by atoms with Gasteiger partial charge in [0.1, 0.15) is 6.10 Å². The van der Waals surface area contributed by atoms with Gasteiger partial charge in [0.15, 0.2) is 0 Å². The van der Waals surface area contributed by atoms with Crippen molar-refractivity contribution in [3.63, 3.8) is 0 Å². The molecule has 0 amide bonds. The molecule has 0 aromatic carbocycles. The Labute approximate surface area is 161 Å². The summed E-state index contributed by atoms with van der Waals surface area (Å²) in [4.78, 5) is 0. The van der Waals surface area contributed by atoms with Crippen LogP contribution in [-0.2, 0) is 4.74 Å². The third-order valence-electron chi connectivity index (χ3n) is 7.49. The van der Waals surface area contributed by atoms with Crippen molar-refractivity contribution >= 4 is 0 Å². The number of aliphatic hydroxyl groups is 2. The van der Waals surface area contributed by atoms with E-state index in [1.165, 1.54) is 32.1 Å². The lowest BCUT2D eigenvalue weighted by molar-refractivity contribution is -0.0955. The molecule has 2 N–H and O–H groups in total. The summed E-state index contributed by atoms with van der Waals surface area (Å²) < 4.78 is 5.86. The molecule has 2 rings (SSSR count). The Hall–Kier alpha value is -0.120. The summed E-state index contributed by atoms with van der Waals surface area (Å²) in [5.74, 6) is 4.06. The maximum atomic E-state index is 10.8. The van der Waals surface area contributed by atoms with Gasteiger partial charge in [-0.2, -0.15) is 0 Å². The predicted molar refractivity (Wildman–Crippen MR) is 108 cm³/mol. The average molecular weight is 369 g/mol. The Kier molecular flexibility index (Phi) is 8.90. The molecule has 2 fully saturated rings. The zero-order valence-corrected chi connectivity index (χ0v) is 17.9. The van der Waals surface area contributed by atoms with Gasteiger partial charge in [-0.1, -0.05) is 60.3 Å².